The van der Waals surface area contributed by atoms with Crippen LogP contribution >= 0.6 is 15.9 Å². The molecule has 0 unspecified atom stereocenters. The van der Waals surface area contributed by atoms with Gasteiger partial charge in [0.25, 0.3) is 0 Å². The molecule has 1 aromatic heterocycles. The van der Waals surface area contributed by atoms with Gasteiger partial charge < -0.3 is 9.84 Å². The highest BCUT2D eigenvalue weighted by Gasteiger charge is 2.11. The minimum absolute atomic E-state index is 0.0999. The monoisotopic (exact) mass is 316 g/mol. The Bertz CT molecular complexity index is 564. The lowest BCUT2D eigenvalue weighted by Crippen LogP contribution is -2.03. The first kappa shape index (κ1) is 13.0. The van der Waals surface area contributed by atoms with Gasteiger partial charge in [-0.1, -0.05) is 5.16 Å². The van der Waals surface area contributed by atoms with Crippen LogP contribution in [0.3, 0.4) is 0 Å². The van der Waals surface area contributed by atoms with Crippen molar-refractivity contribution in [2.24, 2.45) is 0 Å². The SMILES string of the molecule is Cc1noc(C)c1CNc1cc(F)c(Br)cc1F. The average molecular weight is 317 g/mol. The van der Waals surface area contributed by atoms with Gasteiger partial charge in [-0.05, 0) is 35.8 Å². The first-order valence-electron chi connectivity index (χ1n) is 5.29. The molecule has 0 aliphatic carbocycles. The summed E-state index contributed by atoms with van der Waals surface area (Å²) >= 11 is 2.93. The molecule has 1 heterocycles. The van der Waals surface area contributed by atoms with Crippen LogP contribution in [-0.2, 0) is 6.54 Å². The van der Waals surface area contributed by atoms with Gasteiger partial charge in [-0.3, -0.25) is 0 Å². The third-order valence-electron chi connectivity index (χ3n) is 2.65. The molecule has 6 heteroatoms. The van der Waals surface area contributed by atoms with E-state index in [9.17, 15) is 8.78 Å². The Labute approximate surface area is 111 Å². The second kappa shape index (κ2) is 5.06. The molecule has 0 amide bonds. The van der Waals surface area contributed by atoms with Crippen LogP contribution in [0.1, 0.15) is 17.0 Å². The first-order valence-corrected chi connectivity index (χ1v) is 6.08. The van der Waals surface area contributed by atoms with Crippen LogP contribution in [0.15, 0.2) is 21.1 Å². The molecule has 3 nitrogen and oxygen atoms in total. The number of nitrogens with zero attached hydrogens (tertiary/aromatic N) is 1. The quantitative estimate of drug-likeness (QED) is 0.871. The van der Waals surface area contributed by atoms with Gasteiger partial charge in [0, 0.05) is 18.2 Å². The molecule has 2 rings (SSSR count). The first-order chi connectivity index (χ1) is 8.49. The van der Waals surface area contributed by atoms with Crippen LogP contribution in [0.5, 0.6) is 0 Å². The van der Waals surface area contributed by atoms with E-state index in [-0.39, 0.29) is 10.2 Å². The van der Waals surface area contributed by atoms with E-state index in [1.807, 2.05) is 0 Å². The van der Waals surface area contributed by atoms with E-state index in [4.69, 9.17) is 4.52 Å². The average Bonchev–Trinajstić information content (AvgIpc) is 2.62. The van der Waals surface area contributed by atoms with E-state index in [2.05, 4.69) is 26.4 Å². The second-order valence-corrected chi connectivity index (χ2v) is 4.76. The van der Waals surface area contributed by atoms with Crippen molar-refractivity contribution in [3.63, 3.8) is 0 Å². The van der Waals surface area contributed by atoms with Gasteiger partial charge in [0.1, 0.15) is 17.4 Å². The highest BCUT2D eigenvalue weighted by atomic mass is 79.9. The Morgan fingerprint density at radius 1 is 1.28 bits per heavy atom. The van der Waals surface area contributed by atoms with Gasteiger partial charge in [0.2, 0.25) is 0 Å². The normalized spacial score (nSPS) is 10.7. The molecule has 1 aromatic carbocycles. The van der Waals surface area contributed by atoms with Crippen molar-refractivity contribution in [1.29, 1.82) is 0 Å². The highest BCUT2D eigenvalue weighted by Crippen LogP contribution is 2.24. The predicted molar refractivity (Wildman–Crippen MR) is 67.4 cm³/mol. The molecular weight excluding hydrogens is 306 g/mol. The summed E-state index contributed by atoms with van der Waals surface area (Å²) in [6, 6.07) is 2.20. The van der Waals surface area contributed by atoms with Crippen molar-refractivity contribution in [3.8, 4) is 0 Å². The number of nitrogens with one attached hydrogen (secondary N) is 1. The zero-order valence-corrected chi connectivity index (χ0v) is 11.4. The van der Waals surface area contributed by atoms with Crippen LogP contribution < -0.4 is 5.32 Å². The molecule has 0 radical (unpaired) electrons. The van der Waals surface area contributed by atoms with Crippen molar-refractivity contribution < 1.29 is 13.3 Å². The lowest BCUT2D eigenvalue weighted by atomic mass is 10.2. The lowest BCUT2D eigenvalue weighted by Gasteiger charge is -2.08. The number of anilines is 1. The van der Waals surface area contributed by atoms with E-state index in [1.54, 1.807) is 13.8 Å². The number of aromatic nitrogens is 1. The van der Waals surface area contributed by atoms with Gasteiger partial charge in [0.05, 0.1) is 15.9 Å². The van der Waals surface area contributed by atoms with Gasteiger partial charge in [-0.25, -0.2) is 8.78 Å². The third kappa shape index (κ3) is 2.53. The van der Waals surface area contributed by atoms with Gasteiger partial charge in [-0.15, -0.1) is 0 Å². The second-order valence-electron chi connectivity index (χ2n) is 3.90. The van der Waals surface area contributed by atoms with Crippen LogP contribution in [-0.4, -0.2) is 5.16 Å². The summed E-state index contributed by atoms with van der Waals surface area (Å²) in [7, 11) is 0. The molecule has 0 aliphatic heterocycles. The van der Waals surface area contributed by atoms with E-state index in [1.165, 1.54) is 0 Å². The predicted octanol–water partition coefficient (Wildman–Crippen LogP) is 3.94. The summed E-state index contributed by atoms with van der Waals surface area (Å²) in [6.07, 6.45) is 0. The highest BCUT2D eigenvalue weighted by molar-refractivity contribution is 9.10. The smallest absolute Gasteiger partial charge is 0.147 e. The topological polar surface area (TPSA) is 38.1 Å². The maximum Gasteiger partial charge on any atom is 0.147 e. The molecule has 18 heavy (non-hydrogen) atoms. The zero-order valence-electron chi connectivity index (χ0n) is 9.85. The minimum Gasteiger partial charge on any atom is -0.378 e. The maximum atomic E-state index is 13.6. The van der Waals surface area contributed by atoms with Crippen molar-refractivity contribution in [2.75, 3.05) is 5.32 Å². The number of halogens is 3. The Hall–Kier alpha value is -1.43. The molecule has 96 valence electrons. The van der Waals surface area contributed by atoms with E-state index in [0.29, 0.717) is 12.3 Å². The Balaban J connectivity index is 2.18. The molecule has 0 aliphatic rings. The van der Waals surface area contributed by atoms with Crippen LogP contribution in [0.4, 0.5) is 14.5 Å². The molecule has 0 fully saturated rings. The van der Waals surface area contributed by atoms with Gasteiger partial charge in [-0.2, -0.15) is 0 Å². The number of hydrogen-bond acceptors (Lipinski definition) is 3. The number of benzene rings is 1. The maximum absolute atomic E-state index is 13.6. The van der Waals surface area contributed by atoms with E-state index < -0.39 is 11.6 Å². The van der Waals surface area contributed by atoms with Crippen LogP contribution in [0, 0.1) is 25.5 Å². The summed E-state index contributed by atoms with van der Waals surface area (Å²) < 4.78 is 32.0. The molecule has 0 saturated heterocycles. The van der Waals surface area contributed by atoms with Gasteiger partial charge >= 0.3 is 0 Å². The summed E-state index contributed by atoms with van der Waals surface area (Å²) in [4.78, 5) is 0. The van der Waals surface area contributed by atoms with Crippen LogP contribution in [0.2, 0.25) is 0 Å². The summed E-state index contributed by atoms with van der Waals surface area (Å²) in [5, 5.41) is 6.62. The fraction of sp³-hybridized carbons (Fsp3) is 0.250. The fourth-order valence-corrected chi connectivity index (χ4v) is 1.91. The molecular formula is C12H11BrF2N2O. The zero-order chi connectivity index (χ0) is 13.3. The van der Waals surface area contributed by atoms with Gasteiger partial charge in [0.15, 0.2) is 0 Å². The van der Waals surface area contributed by atoms with Crippen LogP contribution in [0.25, 0.3) is 0 Å². The standard InChI is InChI=1S/C12H11BrF2N2O/c1-6-8(7(2)18-17-6)5-16-12-4-10(14)9(13)3-11(12)15/h3-4,16H,5H2,1-2H3. The molecule has 0 spiro atoms. The van der Waals surface area contributed by atoms with E-state index >= 15 is 0 Å². The Morgan fingerprint density at radius 2 is 2.00 bits per heavy atom. The number of rotatable bonds is 3. The Morgan fingerprint density at radius 3 is 2.61 bits per heavy atom. The third-order valence-corrected chi connectivity index (χ3v) is 3.25. The van der Waals surface area contributed by atoms with Crippen molar-refractivity contribution in [1.82, 2.24) is 5.16 Å². The molecule has 2 aromatic rings. The van der Waals surface area contributed by atoms with Crippen molar-refractivity contribution in [3.05, 3.63) is 45.3 Å². The lowest BCUT2D eigenvalue weighted by molar-refractivity contribution is 0.392. The minimum atomic E-state index is -0.518. The van der Waals surface area contributed by atoms with Crippen molar-refractivity contribution in [2.45, 2.75) is 20.4 Å². The van der Waals surface area contributed by atoms with E-state index in [0.717, 1.165) is 23.4 Å². The number of aryl methyl sites for hydroxylation is 2. The molecule has 0 bridgehead atoms. The summed E-state index contributed by atoms with van der Waals surface area (Å²) in [5.74, 6) is -0.370. The molecule has 1 N–H and O–H groups in total. The Kier molecular flexibility index (Phi) is 3.65. The number of hydrogen-bond donors (Lipinski definition) is 1. The summed E-state index contributed by atoms with van der Waals surface area (Å²) in [5.41, 5.74) is 1.69. The van der Waals surface area contributed by atoms with Crippen molar-refractivity contribution >= 4 is 21.6 Å². The molecule has 0 atom stereocenters. The molecule has 0 saturated carbocycles. The largest absolute Gasteiger partial charge is 0.378 e. The fourth-order valence-electron chi connectivity index (χ4n) is 1.60. The summed E-state index contributed by atoms with van der Waals surface area (Å²) in [6.45, 7) is 3.90.